The molecule has 5 heteroatoms. The maximum Gasteiger partial charge on any atom is 0.223 e. The topological polar surface area (TPSA) is 75.9 Å². The van der Waals surface area contributed by atoms with Gasteiger partial charge >= 0.3 is 0 Å². The molecule has 5 nitrogen and oxygen atoms in total. The van der Waals surface area contributed by atoms with Crippen molar-refractivity contribution in [3.63, 3.8) is 0 Å². The Hall–Kier alpha value is -2.30. The first kappa shape index (κ1) is 15.1. The summed E-state index contributed by atoms with van der Waals surface area (Å²) in [5.74, 6) is 1.78. The zero-order chi connectivity index (χ0) is 15.1. The molecule has 2 aromatic rings. The van der Waals surface area contributed by atoms with Crippen molar-refractivity contribution in [1.29, 1.82) is 0 Å². The van der Waals surface area contributed by atoms with Crippen LogP contribution >= 0.6 is 0 Å². The number of benzene rings is 1. The summed E-state index contributed by atoms with van der Waals surface area (Å²) < 4.78 is 0. The highest BCUT2D eigenvalue weighted by Crippen LogP contribution is 2.15. The van der Waals surface area contributed by atoms with E-state index in [1.165, 1.54) is 11.1 Å². The maximum absolute atomic E-state index is 5.75. The van der Waals surface area contributed by atoms with E-state index in [-0.39, 0.29) is 5.95 Å². The molecular weight excluding hydrogens is 262 g/mol. The first-order chi connectivity index (χ1) is 10.2. The first-order valence-corrected chi connectivity index (χ1v) is 7.42. The third-order valence-corrected chi connectivity index (χ3v) is 3.26. The van der Waals surface area contributed by atoms with E-state index in [4.69, 9.17) is 5.73 Å². The highest BCUT2D eigenvalue weighted by atomic mass is 15.1. The summed E-state index contributed by atoms with van der Waals surface area (Å²) in [7, 11) is 0. The molecule has 4 N–H and O–H groups in total. The number of nitrogens with zero attached hydrogens (tertiary/aromatic N) is 2. The van der Waals surface area contributed by atoms with Crippen molar-refractivity contribution in [2.24, 2.45) is 0 Å². The van der Waals surface area contributed by atoms with Crippen LogP contribution in [0.15, 0.2) is 30.3 Å². The molecule has 1 heterocycles. The molecule has 1 aromatic heterocycles. The molecule has 0 unspecified atom stereocenters. The lowest BCUT2D eigenvalue weighted by molar-refractivity contribution is 0.964. The quantitative estimate of drug-likeness (QED) is 0.729. The van der Waals surface area contributed by atoms with Gasteiger partial charge in [0.1, 0.15) is 11.6 Å². The van der Waals surface area contributed by atoms with Gasteiger partial charge in [-0.2, -0.15) is 9.97 Å². The predicted molar refractivity (Wildman–Crippen MR) is 88.4 cm³/mol. The Labute approximate surface area is 126 Å². The van der Waals surface area contributed by atoms with Gasteiger partial charge in [-0.05, 0) is 24.0 Å². The van der Waals surface area contributed by atoms with Crippen LogP contribution < -0.4 is 16.4 Å². The SMILES string of the molecule is CCCNc1cc(NCc2ccccc2CC)nc(N)n1. The fourth-order valence-electron chi connectivity index (χ4n) is 2.16. The number of hydrogen-bond donors (Lipinski definition) is 3. The third-order valence-electron chi connectivity index (χ3n) is 3.26. The van der Waals surface area contributed by atoms with Gasteiger partial charge in [-0.1, -0.05) is 38.1 Å². The summed E-state index contributed by atoms with van der Waals surface area (Å²) in [5, 5.41) is 6.55. The molecule has 0 aliphatic carbocycles. The van der Waals surface area contributed by atoms with Crippen molar-refractivity contribution < 1.29 is 0 Å². The monoisotopic (exact) mass is 285 g/mol. The molecule has 0 amide bonds. The van der Waals surface area contributed by atoms with Crippen LogP contribution in [-0.2, 0) is 13.0 Å². The highest BCUT2D eigenvalue weighted by molar-refractivity contribution is 5.51. The molecule has 0 spiro atoms. The molecule has 0 radical (unpaired) electrons. The zero-order valence-corrected chi connectivity index (χ0v) is 12.7. The molecule has 0 aliphatic heterocycles. The number of nitrogens with one attached hydrogen (secondary N) is 2. The largest absolute Gasteiger partial charge is 0.370 e. The maximum atomic E-state index is 5.75. The third kappa shape index (κ3) is 4.34. The van der Waals surface area contributed by atoms with Gasteiger partial charge in [-0.3, -0.25) is 0 Å². The number of nitrogen functional groups attached to an aromatic ring is 1. The van der Waals surface area contributed by atoms with Crippen molar-refractivity contribution >= 4 is 17.6 Å². The fourth-order valence-corrected chi connectivity index (χ4v) is 2.16. The Bertz CT molecular complexity index is 583. The predicted octanol–water partition coefficient (Wildman–Crippen LogP) is 3.06. The van der Waals surface area contributed by atoms with Crippen LogP contribution in [0.4, 0.5) is 17.6 Å². The van der Waals surface area contributed by atoms with Gasteiger partial charge in [-0.25, -0.2) is 0 Å². The Morgan fingerprint density at radius 2 is 1.67 bits per heavy atom. The van der Waals surface area contributed by atoms with Gasteiger partial charge in [0.2, 0.25) is 5.95 Å². The molecular formula is C16H23N5. The highest BCUT2D eigenvalue weighted by Gasteiger charge is 2.04. The van der Waals surface area contributed by atoms with Gasteiger partial charge in [-0.15, -0.1) is 0 Å². The lowest BCUT2D eigenvalue weighted by Gasteiger charge is -2.11. The van der Waals surface area contributed by atoms with E-state index in [9.17, 15) is 0 Å². The molecule has 21 heavy (non-hydrogen) atoms. The standard InChI is InChI=1S/C16H23N5/c1-3-9-18-14-10-15(21-16(17)20-14)19-11-13-8-6-5-7-12(13)4-2/h5-8,10H,3-4,9,11H2,1-2H3,(H4,17,18,19,20,21). The smallest absolute Gasteiger partial charge is 0.223 e. The number of hydrogen-bond acceptors (Lipinski definition) is 5. The van der Waals surface area contributed by atoms with Gasteiger partial charge < -0.3 is 16.4 Å². The second-order valence-electron chi connectivity index (χ2n) is 4.90. The van der Waals surface area contributed by atoms with Crippen LogP contribution in [-0.4, -0.2) is 16.5 Å². The van der Waals surface area contributed by atoms with Crippen molar-refractivity contribution in [3.8, 4) is 0 Å². The van der Waals surface area contributed by atoms with Gasteiger partial charge in [0, 0.05) is 19.2 Å². The summed E-state index contributed by atoms with van der Waals surface area (Å²) in [4.78, 5) is 8.40. The van der Waals surface area contributed by atoms with E-state index in [1.54, 1.807) is 0 Å². The molecule has 2 rings (SSSR count). The van der Waals surface area contributed by atoms with Crippen LogP contribution in [0, 0.1) is 0 Å². The van der Waals surface area contributed by atoms with Crippen LogP contribution in [0.3, 0.4) is 0 Å². The van der Waals surface area contributed by atoms with E-state index in [2.05, 4.69) is 58.7 Å². The second-order valence-corrected chi connectivity index (χ2v) is 4.90. The lowest BCUT2D eigenvalue weighted by Crippen LogP contribution is -2.09. The Kier molecular flexibility index (Phi) is 5.37. The van der Waals surface area contributed by atoms with Crippen LogP contribution in [0.2, 0.25) is 0 Å². The molecule has 1 aromatic carbocycles. The minimum Gasteiger partial charge on any atom is -0.370 e. The fraction of sp³-hybridized carbons (Fsp3) is 0.375. The summed E-state index contributed by atoms with van der Waals surface area (Å²) in [5.41, 5.74) is 8.38. The Balaban J connectivity index is 2.07. The van der Waals surface area contributed by atoms with Crippen LogP contribution in [0.1, 0.15) is 31.4 Å². The Morgan fingerprint density at radius 1 is 1.00 bits per heavy atom. The van der Waals surface area contributed by atoms with Gasteiger partial charge in [0.05, 0.1) is 0 Å². The molecule has 0 saturated carbocycles. The van der Waals surface area contributed by atoms with Gasteiger partial charge in [0.25, 0.3) is 0 Å². The molecule has 0 atom stereocenters. The number of aromatic nitrogens is 2. The average Bonchev–Trinajstić information content (AvgIpc) is 2.50. The van der Waals surface area contributed by atoms with E-state index in [0.717, 1.165) is 37.6 Å². The normalized spacial score (nSPS) is 10.4. The van der Waals surface area contributed by atoms with E-state index in [1.807, 2.05) is 6.07 Å². The summed E-state index contributed by atoms with van der Waals surface area (Å²) >= 11 is 0. The summed E-state index contributed by atoms with van der Waals surface area (Å²) in [6.07, 6.45) is 2.06. The first-order valence-electron chi connectivity index (χ1n) is 7.42. The average molecular weight is 285 g/mol. The van der Waals surface area contributed by atoms with Crippen LogP contribution in [0.5, 0.6) is 0 Å². The molecule has 0 aliphatic rings. The Morgan fingerprint density at radius 3 is 2.33 bits per heavy atom. The van der Waals surface area contributed by atoms with Crippen molar-refractivity contribution in [3.05, 3.63) is 41.5 Å². The number of aryl methyl sites for hydroxylation is 1. The second kappa shape index (κ2) is 7.47. The van der Waals surface area contributed by atoms with Crippen molar-refractivity contribution in [2.75, 3.05) is 22.9 Å². The van der Waals surface area contributed by atoms with Crippen LogP contribution in [0.25, 0.3) is 0 Å². The van der Waals surface area contributed by atoms with Gasteiger partial charge in [0.15, 0.2) is 0 Å². The van der Waals surface area contributed by atoms with Crippen molar-refractivity contribution in [1.82, 2.24) is 9.97 Å². The molecule has 0 fully saturated rings. The number of anilines is 3. The zero-order valence-electron chi connectivity index (χ0n) is 12.7. The van der Waals surface area contributed by atoms with Crippen molar-refractivity contribution in [2.45, 2.75) is 33.2 Å². The summed E-state index contributed by atoms with van der Waals surface area (Å²) in [6, 6.07) is 10.3. The summed E-state index contributed by atoms with van der Waals surface area (Å²) in [6.45, 7) is 5.87. The van der Waals surface area contributed by atoms with E-state index < -0.39 is 0 Å². The molecule has 112 valence electrons. The minimum atomic E-state index is 0.280. The molecule has 0 bridgehead atoms. The molecule has 0 saturated heterocycles. The lowest BCUT2D eigenvalue weighted by atomic mass is 10.1. The minimum absolute atomic E-state index is 0.280. The van der Waals surface area contributed by atoms with E-state index >= 15 is 0 Å². The van der Waals surface area contributed by atoms with E-state index in [0.29, 0.717) is 0 Å². The number of rotatable bonds is 7. The number of nitrogens with two attached hydrogens (primary N) is 1.